The van der Waals surface area contributed by atoms with E-state index in [4.69, 9.17) is 5.73 Å². The Kier molecular flexibility index (Phi) is 2.98. The molecule has 0 rings (SSSR count). The van der Waals surface area contributed by atoms with Gasteiger partial charge in [0.15, 0.2) is 0 Å². The first-order valence-electron chi connectivity index (χ1n) is 2.71. The van der Waals surface area contributed by atoms with Gasteiger partial charge in [0.05, 0.1) is 0 Å². The minimum absolute atomic E-state index is 0.461. The molecule has 2 N–H and O–H groups in total. The summed E-state index contributed by atoms with van der Waals surface area (Å²) >= 11 is 4.17. The van der Waals surface area contributed by atoms with Crippen LogP contribution in [0.2, 0.25) is 0 Å². The fourth-order valence-electron chi connectivity index (χ4n) is 0.455. The molecule has 0 saturated carbocycles. The molecule has 0 aromatic rings. The molecule has 8 heavy (non-hydrogen) atoms. The standard InChI is InChI=1S/C6H13NS/c1-4(2)6(8)5(3)7/h4,8H,7H2,1-3H3/b6-5-. The summed E-state index contributed by atoms with van der Waals surface area (Å²) in [6.07, 6.45) is 0. The largest absolute Gasteiger partial charge is 0.402 e. The fraction of sp³-hybridized carbons (Fsp3) is 0.667. The molecule has 0 spiro atoms. The van der Waals surface area contributed by atoms with E-state index in [0.717, 1.165) is 10.6 Å². The molecule has 0 amide bonds. The summed E-state index contributed by atoms with van der Waals surface area (Å²) in [6.45, 7) is 6.00. The molecule has 0 heterocycles. The highest BCUT2D eigenvalue weighted by molar-refractivity contribution is 7.84. The lowest BCUT2D eigenvalue weighted by Gasteiger charge is -2.04. The van der Waals surface area contributed by atoms with Crippen molar-refractivity contribution in [3.63, 3.8) is 0 Å². The van der Waals surface area contributed by atoms with E-state index in [2.05, 4.69) is 26.5 Å². The Morgan fingerprint density at radius 3 is 1.88 bits per heavy atom. The first kappa shape index (κ1) is 7.89. The quantitative estimate of drug-likeness (QED) is 0.521. The topological polar surface area (TPSA) is 26.0 Å². The molecule has 0 aromatic heterocycles. The van der Waals surface area contributed by atoms with Crippen molar-refractivity contribution in [3.8, 4) is 0 Å². The van der Waals surface area contributed by atoms with Crippen molar-refractivity contribution in [3.05, 3.63) is 10.6 Å². The minimum atomic E-state index is 0.461. The zero-order valence-corrected chi connectivity index (χ0v) is 6.50. The highest BCUT2D eigenvalue weighted by Crippen LogP contribution is 2.14. The van der Waals surface area contributed by atoms with E-state index in [1.807, 2.05) is 6.92 Å². The maximum Gasteiger partial charge on any atom is 0.0145 e. The van der Waals surface area contributed by atoms with Crippen LogP contribution in [0.1, 0.15) is 20.8 Å². The van der Waals surface area contributed by atoms with Gasteiger partial charge in [0, 0.05) is 10.6 Å². The molecule has 0 aliphatic rings. The second kappa shape index (κ2) is 3.02. The molecule has 48 valence electrons. The molecule has 0 aliphatic carbocycles. The van der Waals surface area contributed by atoms with Gasteiger partial charge >= 0.3 is 0 Å². The minimum Gasteiger partial charge on any atom is -0.402 e. The lowest BCUT2D eigenvalue weighted by molar-refractivity contribution is 0.805. The van der Waals surface area contributed by atoms with Crippen molar-refractivity contribution in [1.29, 1.82) is 0 Å². The summed E-state index contributed by atoms with van der Waals surface area (Å²) in [6, 6.07) is 0. The van der Waals surface area contributed by atoms with Crippen LogP contribution in [0.3, 0.4) is 0 Å². The van der Waals surface area contributed by atoms with Gasteiger partial charge in [-0.3, -0.25) is 0 Å². The van der Waals surface area contributed by atoms with Gasteiger partial charge in [0.1, 0.15) is 0 Å². The van der Waals surface area contributed by atoms with Crippen LogP contribution in [0.15, 0.2) is 10.6 Å². The van der Waals surface area contributed by atoms with Crippen LogP contribution in [-0.4, -0.2) is 0 Å². The summed E-state index contributed by atoms with van der Waals surface area (Å²) in [4.78, 5) is 0.991. The van der Waals surface area contributed by atoms with Crippen LogP contribution in [-0.2, 0) is 0 Å². The van der Waals surface area contributed by atoms with E-state index in [0.29, 0.717) is 5.92 Å². The van der Waals surface area contributed by atoms with E-state index < -0.39 is 0 Å². The van der Waals surface area contributed by atoms with Crippen LogP contribution in [0.4, 0.5) is 0 Å². The van der Waals surface area contributed by atoms with Crippen molar-refractivity contribution in [2.24, 2.45) is 11.7 Å². The monoisotopic (exact) mass is 131 g/mol. The Hall–Kier alpha value is -0.110. The van der Waals surface area contributed by atoms with E-state index >= 15 is 0 Å². The number of rotatable bonds is 1. The molecule has 0 radical (unpaired) electrons. The first-order chi connectivity index (χ1) is 3.55. The van der Waals surface area contributed by atoms with Crippen LogP contribution < -0.4 is 5.73 Å². The third-order valence-electron chi connectivity index (χ3n) is 0.951. The smallest absolute Gasteiger partial charge is 0.0145 e. The third-order valence-corrected chi connectivity index (χ3v) is 1.82. The van der Waals surface area contributed by atoms with E-state index in [1.54, 1.807) is 0 Å². The molecule has 1 nitrogen and oxygen atoms in total. The summed E-state index contributed by atoms with van der Waals surface area (Å²) < 4.78 is 0. The predicted octanol–water partition coefficient (Wildman–Crippen LogP) is 1.76. The number of hydrogen-bond donors (Lipinski definition) is 2. The van der Waals surface area contributed by atoms with Gasteiger partial charge < -0.3 is 5.73 Å². The second-order valence-corrected chi connectivity index (χ2v) is 2.70. The lowest BCUT2D eigenvalue weighted by Crippen LogP contribution is -1.98. The molecular formula is C6H13NS. The van der Waals surface area contributed by atoms with Gasteiger partial charge in [0.25, 0.3) is 0 Å². The van der Waals surface area contributed by atoms with Crippen molar-refractivity contribution in [2.45, 2.75) is 20.8 Å². The lowest BCUT2D eigenvalue weighted by atomic mass is 10.2. The number of hydrogen-bond acceptors (Lipinski definition) is 2. The molecule has 0 unspecified atom stereocenters. The van der Waals surface area contributed by atoms with Gasteiger partial charge in [-0.15, -0.1) is 12.6 Å². The summed E-state index contributed by atoms with van der Waals surface area (Å²) in [5, 5.41) is 0. The van der Waals surface area contributed by atoms with Gasteiger partial charge in [0.2, 0.25) is 0 Å². The maximum atomic E-state index is 5.44. The molecule has 0 atom stereocenters. The average molecular weight is 131 g/mol. The van der Waals surface area contributed by atoms with Crippen LogP contribution in [0.5, 0.6) is 0 Å². The SMILES string of the molecule is C/C(N)=C(/S)C(C)C. The van der Waals surface area contributed by atoms with Crippen LogP contribution >= 0.6 is 12.6 Å². The zero-order valence-electron chi connectivity index (χ0n) is 5.60. The van der Waals surface area contributed by atoms with E-state index in [-0.39, 0.29) is 0 Å². The van der Waals surface area contributed by atoms with Crippen LogP contribution in [0, 0.1) is 5.92 Å². The highest BCUT2D eigenvalue weighted by atomic mass is 32.1. The van der Waals surface area contributed by atoms with Gasteiger partial charge in [-0.25, -0.2) is 0 Å². The zero-order chi connectivity index (χ0) is 6.73. The Balaban J connectivity index is 4.00. The molecule has 0 bridgehead atoms. The second-order valence-electron chi connectivity index (χ2n) is 2.22. The van der Waals surface area contributed by atoms with Crippen molar-refractivity contribution in [2.75, 3.05) is 0 Å². The van der Waals surface area contributed by atoms with E-state index in [9.17, 15) is 0 Å². The summed E-state index contributed by atoms with van der Waals surface area (Å²) in [7, 11) is 0. The van der Waals surface area contributed by atoms with Crippen LogP contribution in [0.25, 0.3) is 0 Å². The van der Waals surface area contributed by atoms with Gasteiger partial charge in [-0.05, 0) is 12.8 Å². The molecule has 0 saturated heterocycles. The fourth-order valence-corrected chi connectivity index (χ4v) is 0.455. The van der Waals surface area contributed by atoms with Crippen molar-refractivity contribution < 1.29 is 0 Å². The normalized spacial score (nSPS) is 14.1. The molecule has 2 heteroatoms. The molecule has 0 fully saturated rings. The number of allylic oxidation sites excluding steroid dienone is 2. The van der Waals surface area contributed by atoms with E-state index in [1.165, 1.54) is 0 Å². The Morgan fingerprint density at radius 1 is 1.50 bits per heavy atom. The number of nitrogens with two attached hydrogens (primary N) is 1. The summed E-state index contributed by atoms with van der Waals surface area (Å²) in [5.74, 6) is 0.461. The maximum absolute atomic E-state index is 5.44. The highest BCUT2D eigenvalue weighted by Gasteiger charge is 1.97. The molecular weight excluding hydrogens is 118 g/mol. The molecule has 0 aliphatic heterocycles. The Bertz CT molecular complexity index is 101. The number of thiol groups is 1. The van der Waals surface area contributed by atoms with Crippen molar-refractivity contribution >= 4 is 12.6 Å². The predicted molar refractivity (Wildman–Crippen MR) is 40.7 cm³/mol. The Morgan fingerprint density at radius 2 is 1.88 bits per heavy atom. The Labute approximate surface area is 56.4 Å². The van der Waals surface area contributed by atoms with Crippen molar-refractivity contribution in [1.82, 2.24) is 0 Å². The van der Waals surface area contributed by atoms with Gasteiger partial charge in [-0.1, -0.05) is 13.8 Å². The average Bonchev–Trinajstić information content (AvgIpc) is 1.64. The first-order valence-corrected chi connectivity index (χ1v) is 3.15. The summed E-state index contributed by atoms with van der Waals surface area (Å²) in [5.41, 5.74) is 6.26. The van der Waals surface area contributed by atoms with Gasteiger partial charge in [-0.2, -0.15) is 0 Å². The third kappa shape index (κ3) is 2.26. The molecule has 0 aromatic carbocycles.